The van der Waals surface area contributed by atoms with Crippen molar-refractivity contribution in [3.63, 3.8) is 0 Å². The summed E-state index contributed by atoms with van der Waals surface area (Å²) < 4.78 is 44.0. The molecule has 0 radical (unpaired) electrons. The van der Waals surface area contributed by atoms with Gasteiger partial charge in [-0.3, -0.25) is 9.59 Å². The number of hydrogen-bond donors (Lipinski definition) is 3. The highest BCUT2D eigenvalue weighted by molar-refractivity contribution is 5.96. The zero-order valence-electron chi connectivity index (χ0n) is 30.3. The lowest BCUT2D eigenvalue weighted by molar-refractivity contribution is -0.145. The van der Waals surface area contributed by atoms with Crippen molar-refractivity contribution in [1.82, 2.24) is 35.7 Å². The largest absolute Gasteiger partial charge is 0.479 e. The minimum absolute atomic E-state index is 0.0209. The molecule has 6 rings (SSSR count). The van der Waals surface area contributed by atoms with Crippen LogP contribution in [0.3, 0.4) is 0 Å². The molecule has 3 aliphatic rings. The van der Waals surface area contributed by atoms with E-state index in [1.165, 1.54) is 21.8 Å². The topological polar surface area (TPSA) is 169 Å². The maximum Gasteiger partial charge on any atom is 0.408 e. The average Bonchev–Trinajstić information content (AvgIpc) is 3.40. The number of alkyl carbamates (subject to hydrolysis) is 1. The molecule has 288 valence electrons. The number of benzene rings is 2. The molecule has 1 aliphatic carbocycles. The molecule has 1 aromatic heterocycles. The van der Waals surface area contributed by atoms with Gasteiger partial charge in [-0.05, 0) is 74.4 Å². The number of halogens is 3. The summed E-state index contributed by atoms with van der Waals surface area (Å²) in [5.41, 5.74) is -0.156. The van der Waals surface area contributed by atoms with E-state index in [-0.39, 0.29) is 36.7 Å². The van der Waals surface area contributed by atoms with E-state index in [2.05, 4.69) is 26.0 Å². The summed E-state index contributed by atoms with van der Waals surface area (Å²) in [5, 5.41) is 28.7. The summed E-state index contributed by atoms with van der Waals surface area (Å²) in [6.07, 6.45) is 1.12. The number of alkyl halides is 3. The highest BCUT2D eigenvalue weighted by Crippen LogP contribution is 2.45. The van der Waals surface area contributed by atoms with Gasteiger partial charge in [-0.1, -0.05) is 67.5 Å². The molecule has 2 aliphatic heterocycles. The number of ether oxygens (including phenoxy) is 1. The molecule has 54 heavy (non-hydrogen) atoms. The van der Waals surface area contributed by atoms with E-state index in [1.807, 2.05) is 18.2 Å². The standard InChI is InChI=1S/C38H44F3N7O6/c1-36(2,3)54-35(53)42-29-13-8-6-4-5-7-12-27-21-37(27,34(51)52)43-32(49)30-19-28(22-47(30)33(29)50)48-45-31(44-46-48)26-11-9-10-25(18-26)24-16-14-23(15-17-24)20-38(39,40)41/h7,9-12,14-18,27-30H,4-6,8,13,19-22H2,1-3H3,(H,42,53)(H,43,49)(H,51,52)/b12-7-/t27-,28+,29+,30+,37+/m1/s1. The van der Waals surface area contributed by atoms with Gasteiger partial charge in [0.1, 0.15) is 23.2 Å². The van der Waals surface area contributed by atoms with Crippen molar-refractivity contribution in [3.8, 4) is 22.5 Å². The van der Waals surface area contributed by atoms with Crippen LogP contribution in [0.5, 0.6) is 0 Å². The predicted octanol–water partition coefficient (Wildman–Crippen LogP) is 5.63. The number of tetrazole rings is 1. The van der Waals surface area contributed by atoms with Crippen molar-refractivity contribution in [3.05, 3.63) is 66.2 Å². The van der Waals surface area contributed by atoms with E-state index in [9.17, 15) is 37.5 Å². The van der Waals surface area contributed by atoms with Gasteiger partial charge in [-0.25, -0.2) is 9.59 Å². The number of aromatic nitrogens is 4. The molecule has 1 saturated heterocycles. The Morgan fingerprint density at radius 2 is 1.78 bits per heavy atom. The molecule has 3 amide bonds. The van der Waals surface area contributed by atoms with Gasteiger partial charge >= 0.3 is 18.2 Å². The molecule has 2 aromatic carbocycles. The second-order valence-corrected chi connectivity index (χ2v) is 15.2. The smallest absolute Gasteiger partial charge is 0.408 e. The van der Waals surface area contributed by atoms with E-state index in [0.29, 0.717) is 30.4 Å². The maximum absolute atomic E-state index is 14.3. The fourth-order valence-corrected chi connectivity index (χ4v) is 7.07. The number of carbonyl (C=O) groups is 4. The molecule has 0 unspecified atom stereocenters. The van der Waals surface area contributed by atoms with Crippen LogP contribution in [-0.2, 0) is 25.5 Å². The predicted molar refractivity (Wildman–Crippen MR) is 190 cm³/mol. The normalized spacial score (nSPS) is 25.7. The van der Waals surface area contributed by atoms with Crippen LogP contribution in [0, 0.1) is 5.92 Å². The summed E-state index contributed by atoms with van der Waals surface area (Å²) in [5.74, 6) is -2.45. The molecule has 0 bridgehead atoms. The minimum Gasteiger partial charge on any atom is -0.479 e. The SMILES string of the molecule is CC(C)(C)OC(=O)N[C@H]1CCCCC/C=C\[C@@H]2C[C@]2(C(=O)O)NC(=O)[C@@H]2C[C@H](n3nnc(-c4cccc(-c5ccc(CC(F)(F)F)cc5)c4)n3)CN2C1=O. The Morgan fingerprint density at radius 3 is 2.48 bits per heavy atom. The van der Waals surface area contributed by atoms with Crippen LogP contribution in [0.4, 0.5) is 18.0 Å². The Bertz CT molecular complexity index is 1910. The number of carboxylic acid groups (broad SMARTS) is 1. The van der Waals surface area contributed by atoms with Gasteiger partial charge in [-0.2, -0.15) is 18.0 Å². The molecule has 3 heterocycles. The van der Waals surface area contributed by atoms with E-state index < -0.39 is 65.7 Å². The van der Waals surface area contributed by atoms with E-state index >= 15 is 0 Å². The lowest BCUT2D eigenvalue weighted by Gasteiger charge is -2.30. The summed E-state index contributed by atoms with van der Waals surface area (Å²) in [6, 6.07) is 10.5. The van der Waals surface area contributed by atoms with Crippen molar-refractivity contribution in [1.29, 1.82) is 0 Å². The first-order valence-corrected chi connectivity index (χ1v) is 18.1. The van der Waals surface area contributed by atoms with Gasteiger partial charge in [-0.15, -0.1) is 10.2 Å². The number of hydrogen-bond acceptors (Lipinski definition) is 8. The third-order valence-electron chi connectivity index (χ3n) is 9.90. The van der Waals surface area contributed by atoms with Crippen LogP contribution in [-0.4, -0.2) is 90.0 Å². The molecule has 0 spiro atoms. The van der Waals surface area contributed by atoms with Gasteiger partial charge < -0.3 is 25.4 Å². The highest BCUT2D eigenvalue weighted by atomic mass is 19.4. The second kappa shape index (κ2) is 15.2. The first kappa shape index (κ1) is 38.4. The third-order valence-corrected chi connectivity index (χ3v) is 9.90. The van der Waals surface area contributed by atoms with Gasteiger partial charge in [0.25, 0.3) is 0 Å². The average molecular weight is 752 g/mol. The van der Waals surface area contributed by atoms with Crippen LogP contribution in [0.15, 0.2) is 60.7 Å². The van der Waals surface area contributed by atoms with Crippen LogP contribution < -0.4 is 10.6 Å². The van der Waals surface area contributed by atoms with E-state index in [1.54, 1.807) is 51.1 Å². The lowest BCUT2D eigenvalue weighted by atomic mass is 10.0. The maximum atomic E-state index is 14.3. The number of rotatable bonds is 6. The van der Waals surface area contributed by atoms with Crippen molar-refractivity contribution < 1.29 is 42.2 Å². The number of nitrogens with zero attached hydrogens (tertiary/aromatic N) is 5. The summed E-state index contributed by atoms with van der Waals surface area (Å²) in [7, 11) is 0. The van der Waals surface area contributed by atoms with Crippen LogP contribution in [0.25, 0.3) is 22.5 Å². The zero-order valence-corrected chi connectivity index (χ0v) is 30.3. The molecule has 16 heteroatoms. The fourth-order valence-electron chi connectivity index (χ4n) is 7.07. The minimum atomic E-state index is -4.31. The Hall–Kier alpha value is -5.28. The number of allylic oxidation sites excluding steroid dienone is 1. The Balaban J connectivity index is 1.26. The monoisotopic (exact) mass is 751 g/mol. The molecule has 2 fully saturated rings. The van der Waals surface area contributed by atoms with E-state index in [4.69, 9.17) is 4.74 Å². The van der Waals surface area contributed by atoms with Crippen molar-refractivity contribution >= 4 is 23.9 Å². The highest BCUT2D eigenvalue weighted by Gasteiger charge is 2.61. The Morgan fingerprint density at radius 1 is 1.04 bits per heavy atom. The number of fused-ring (bicyclic) bond motifs is 2. The third kappa shape index (κ3) is 9.08. The zero-order chi connectivity index (χ0) is 38.8. The van der Waals surface area contributed by atoms with Gasteiger partial charge in [0.05, 0.1) is 12.5 Å². The molecular formula is C38H44F3N7O6. The fraction of sp³-hybridized carbons (Fsp3) is 0.500. The Kier molecular flexibility index (Phi) is 10.8. The molecule has 13 nitrogen and oxygen atoms in total. The van der Waals surface area contributed by atoms with Crippen molar-refractivity contribution in [2.75, 3.05) is 6.54 Å². The number of amides is 3. The lowest BCUT2D eigenvalue weighted by Crippen LogP contribution is -2.56. The Labute approximate surface area is 310 Å². The van der Waals surface area contributed by atoms with Crippen LogP contribution in [0.2, 0.25) is 0 Å². The first-order chi connectivity index (χ1) is 25.5. The molecule has 3 aromatic rings. The molecule has 3 N–H and O–H groups in total. The summed E-state index contributed by atoms with van der Waals surface area (Å²) in [6.45, 7) is 5.11. The summed E-state index contributed by atoms with van der Waals surface area (Å²) in [4.78, 5) is 56.3. The number of carbonyl (C=O) groups excluding carboxylic acids is 3. The van der Waals surface area contributed by atoms with Crippen LogP contribution >= 0.6 is 0 Å². The van der Waals surface area contributed by atoms with Crippen LogP contribution in [0.1, 0.15) is 77.3 Å². The number of carboxylic acids is 1. The molecule has 5 atom stereocenters. The number of aliphatic carboxylic acids is 1. The first-order valence-electron chi connectivity index (χ1n) is 18.1. The molecular weight excluding hydrogens is 707 g/mol. The second-order valence-electron chi connectivity index (χ2n) is 15.2. The van der Waals surface area contributed by atoms with Gasteiger partial charge in [0, 0.05) is 24.4 Å². The van der Waals surface area contributed by atoms with Gasteiger partial charge in [0.2, 0.25) is 17.6 Å². The molecule has 1 saturated carbocycles. The summed E-state index contributed by atoms with van der Waals surface area (Å²) >= 11 is 0. The van der Waals surface area contributed by atoms with Crippen molar-refractivity contribution in [2.45, 2.75) is 108 Å². The van der Waals surface area contributed by atoms with Gasteiger partial charge in [0.15, 0.2) is 0 Å². The quantitative estimate of drug-likeness (QED) is 0.271. The van der Waals surface area contributed by atoms with Crippen molar-refractivity contribution in [2.24, 2.45) is 5.92 Å². The van der Waals surface area contributed by atoms with E-state index in [0.717, 1.165) is 18.4 Å². The number of nitrogens with one attached hydrogen (secondary N) is 2.